The zero-order chi connectivity index (χ0) is 12.3. The summed E-state index contributed by atoms with van der Waals surface area (Å²) in [7, 11) is -3.01. The first-order chi connectivity index (χ1) is 7.38. The van der Waals surface area contributed by atoms with Crippen molar-refractivity contribution in [2.75, 3.05) is 5.75 Å². The molecular formula is C11H20O4S. The maximum absolute atomic E-state index is 11.9. The highest BCUT2D eigenvalue weighted by Gasteiger charge is 2.37. The first kappa shape index (κ1) is 13.5. The zero-order valence-electron chi connectivity index (χ0n) is 9.85. The Kier molecular flexibility index (Phi) is 4.35. The molecule has 1 fully saturated rings. The fraction of sp³-hybridized carbons (Fsp3) is 0.909. The van der Waals surface area contributed by atoms with Gasteiger partial charge in [0.2, 0.25) is 0 Å². The van der Waals surface area contributed by atoms with Gasteiger partial charge in [-0.15, -0.1) is 0 Å². The van der Waals surface area contributed by atoms with Crippen molar-refractivity contribution in [3.05, 3.63) is 0 Å². The first-order valence-electron chi connectivity index (χ1n) is 5.82. The van der Waals surface area contributed by atoms with Gasteiger partial charge in [-0.05, 0) is 31.6 Å². The minimum Gasteiger partial charge on any atom is -0.481 e. The molecule has 16 heavy (non-hydrogen) atoms. The minimum atomic E-state index is -3.01. The Morgan fingerprint density at radius 3 is 2.44 bits per heavy atom. The van der Waals surface area contributed by atoms with Gasteiger partial charge in [-0.25, -0.2) is 8.42 Å². The summed E-state index contributed by atoms with van der Waals surface area (Å²) in [6.45, 7) is 3.69. The second-order valence-electron chi connectivity index (χ2n) is 4.72. The third kappa shape index (κ3) is 2.97. The quantitative estimate of drug-likeness (QED) is 0.822. The molecule has 5 heteroatoms. The maximum Gasteiger partial charge on any atom is 0.306 e. The molecule has 0 amide bonds. The van der Waals surface area contributed by atoms with Crippen LogP contribution in [-0.4, -0.2) is 30.5 Å². The topological polar surface area (TPSA) is 71.4 Å². The van der Waals surface area contributed by atoms with Crippen LogP contribution in [0.25, 0.3) is 0 Å². The van der Waals surface area contributed by atoms with Crippen molar-refractivity contribution < 1.29 is 18.3 Å². The molecule has 0 saturated heterocycles. The van der Waals surface area contributed by atoms with Crippen molar-refractivity contribution in [2.45, 2.75) is 44.8 Å². The van der Waals surface area contributed by atoms with E-state index in [1.165, 1.54) is 0 Å². The normalized spacial score (nSPS) is 31.2. The Balaban J connectivity index is 2.68. The van der Waals surface area contributed by atoms with E-state index in [1.807, 2.05) is 13.8 Å². The van der Waals surface area contributed by atoms with Crippen LogP contribution in [0, 0.1) is 11.8 Å². The number of hydrogen-bond acceptors (Lipinski definition) is 3. The highest BCUT2D eigenvalue weighted by molar-refractivity contribution is 7.92. The predicted octanol–water partition coefficient (Wildman–Crippen LogP) is 1.70. The molecule has 94 valence electrons. The smallest absolute Gasteiger partial charge is 0.306 e. The molecule has 1 aliphatic rings. The third-order valence-corrected chi connectivity index (χ3v) is 5.86. The van der Waals surface area contributed by atoms with Crippen molar-refractivity contribution in [1.82, 2.24) is 0 Å². The number of carbonyl (C=O) groups is 1. The zero-order valence-corrected chi connectivity index (χ0v) is 10.7. The van der Waals surface area contributed by atoms with E-state index in [4.69, 9.17) is 5.11 Å². The van der Waals surface area contributed by atoms with Crippen LogP contribution in [0.3, 0.4) is 0 Å². The van der Waals surface area contributed by atoms with Crippen molar-refractivity contribution in [2.24, 2.45) is 11.8 Å². The Bertz CT molecular complexity index is 347. The van der Waals surface area contributed by atoms with E-state index in [0.29, 0.717) is 25.7 Å². The first-order valence-corrected chi connectivity index (χ1v) is 7.54. The molecule has 0 bridgehead atoms. The van der Waals surface area contributed by atoms with Crippen molar-refractivity contribution in [3.63, 3.8) is 0 Å². The Morgan fingerprint density at radius 1 is 1.38 bits per heavy atom. The number of rotatable bonds is 4. The number of aliphatic carboxylic acids is 1. The summed E-state index contributed by atoms with van der Waals surface area (Å²) in [6.07, 6.45) is 2.13. The van der Waals surface area contributed by atoms with Gasteiger partial charge in [0.1, 0.15) is 0 Å². The van der Waals surface area contributed by atoms with E-state index >= 15 is 0 Å². The van der Waals surface area contributed by atoms with E-state index in [1.54, 1.807) is 0 Å². The second-order valence-corrected chi connectivity index (χ2v) is 7.12. The lowest BCUT2D eigenvalue weighted by Crippen LogP contribution is -2.36. The number of hydrogen-bond donors (Lipinski definition) is 1. The monoisotopic (exact) mass is 248 g/mol. The predicted molar refractivity (Wildman–Crippen MR) is 62.0 cm³/mol. The summed E-state index contributed by atoms with van der Waals surface area (Å²) < 4.78 is 23.7. The fourth-order valence-corrected chi connectivity index (χ4v) is 4.49. The second kappa shape index (κ2) is 5.17. The van der Waals surface area contributed by atoms with Crippen molar-refractivity contribution in [3.8, 4) is 0 Å². The largest absolute Gasteiger partial charge is 0.481 e. The standard InChI is InChI=1S/C11H20O4S/c1-3-6-16(14,15)9-4-5-10(11(12)13)8(2)7-9/h8-10H,3-7H2,1-2H3,(H,12,13). The van der Waals surface area contributed by atoms with Crippen LogP contribution in [0.5, 0.6) is 0 Å². The van der Waals surface area contributed by atoms with E-state index in [9.17, 15) is 13.2 Å². The molecule has 1 saturated carbocycles. The summed E-state index contributed by atoms with van der Waals surface area (Å²) in [6, 6.07) is 0. The van der Waals surface area contributed by atoms with Gasteiger partial charge in [-0.2, -0.15) is 0 Å². The minimum absolute atomic E-state index is 0.0390. The van der Waals surface area contributed by atoms with E-state index in [0.717, 1.165) is 0 Å². The van der Waals surface area contributed by atoms with Gasteiger partial charge in [-0.1, -0.05) is 13.8 Å². The summed E-state index contributed by atoms with van der Waals surface area (Å²) in [4.78, 5) is 10.9. The molecular weight excluding hydrogens is 228 g/mol. The van der Waals surface area contributed by atoms with Crippen LogP contribution >= 0.6 is 0 Å². The molecule has 0 aliphatic heterocycles. The van der Waals surface area contributed by atoms with Gasteiger partial charge >= 0.3 is 5.97 Å². The number of carboxylic acid groups (broad SMARTS) is 1. The molecule has 0 aromatic heterocycles. The Hall–Kier alpha value is -0.580. The van der Waals surface area contributed by atoms with Crippen LogP contribution in [0.15, 0.2) is 0 Å². The molecule has 0 aromatic rings. The molecule has 3 atom stereocenters. The summed E-state index contributed by atoms with van der Waals surface area (Å²) >= 11 is 0. The van der Waals surface area contributed by atoms with Crippen LogP contribution in [0.4, 0.5) is 0 Å². The van der Waals surface area contributed by atoms with Gasteiger partial charge in [0, 0.05) is 0 Å². The number of sulfone groups is 1. The average Bonchev–Trinajstić information content (AvgIpc) is 2.16. The molecule has 0 radical (unpaired) electrons. The lowest BCUT2D eigenvalue weighted by atomic mass is 9.80. The molecule has 0 aromatic carbocycles. The van der Waals surface area contributed by atoms with E-state index in [2.05, 4.69) is 0 Å². The number of carboxylic acids is 1. The van der Waals surface area contributed by atoms with Gasteiger partial charge in [0.15, 0.2) is 9.84 Å². The van der Waals surface area contributed by atoms with Crippen molar-refractivity contribution in [1.29, 1.82) is 0 Å². The highest BCUT2D eigenvalue weighted by atomic mass is 32.2. The molecule has 1 aliphatic carbocycles. The lowest BCUT2D eigenvalue weighted by molar-refractivity contribution is -0.144. The van der Waals surface area contributed by atoms with E-state index < -0.39 is 15.8 Å². The van der Waals surface area contributed by atoms with Gasteiger partial charge < -0.3 is 5.11 Å². The lowest BCUT2D eigenvalue weighted by Gasteiger charge is -2.31. The summed E-state index contributed by atoms with van der Waals surface area (Å²) in [5.74, 6) is -0.975. The molecule has 3 unspecified atom stereocenters. The Labute approximate surface area is 97.0 Å². The van der Waals surface area contributed by atoms with Crippen LogP contribution in [0.2, 0.25) is 0 Å². The molecule has 0 spiro atoms. The highest BCUT2D eigenvalue weighted by Crippen LogP contribution is 2.33. The fourth-order valence-electron chi connectivity index (χ4n) is 2.49. The molecule has 0 heterocycles. The molecule has 1 rings (SSSR count). The average molecular weight is 248 g/mol. The van der Waals surface area contributed by atoms with Crippen LogP contribution < -0.4 is 0 Å². The van der Waals surface area contributed by atoms with Gasteiger partial charge in [0.05, 0.1) is 16.9 Å². The summed E-state index contributed by atoms with van der Waals surface area (Å²) in [5, 5.41) is 8.63. The van der Waals surface area contributed by atoms with Crippen molar-refractivity contribution >= 4 is 15.8 Å². The Morgan fingerprint density at radius 2 is 2.00 bits per heavy atom. The van der Waals surface area contributed by atoms with Gasteiger partial charge in [-0.3, -0.25) is 4.79 Å². The maximum atomic E-state index is 11.9. The summed E-state index contributed by atoms with van der Waals surface area (Å²) in [5.41, 5.74) is 0. The SMILES string of the molecule is CCCS(=O)(=O)C1CCC(C(=O)O)C(C)C1. The van der Waals surface area contributed by atoms with E-state index in [-0.39, 0.29) is 22.8 Å². The van der Waals surface area contributed by atoms with Gasteiger partial charge in [0.25, 0.3) is 0 Å². The molecule has 4 nitrogen and oxygen atoms in total. The van der Waals surface area contributed by atoms with Crippen LogP contribution in [-0.2, 0) is 14.6 Å². The van der Waals surface area contributed by atoms with Crippen LogP contribution in [0.1, 0.15) is 39.5 Å². The third-order valence-electron chi connectivity index (χ3n) is 3.43. The molecule has 1 N–H and O–H groups in total.